The minimum absolute atomic E-state index is 0.0545. The van der Waals surface area contributed by atoms with Crippen LogP contribution in [0.3, 0.4) is 0 Å². The van der Waals surface area contributed by atoms with Gasteiger partial charge < -0.3 is 9.47 Å². The summed E-state index contributed by atoms with van der Waals surface area (Å²) < 4.78 is 10.5. The van der Waals surface area contributed by atoms with Gasteiger partial charge in [0, 0.05) is 13.3 Å². The number of hydrogen-bond acceptors (Lipinski definition) is 4. The molecule has 3 fully saturated rings. The van der Waals surface area contributed by atoms with Crippen molar-refractivity contribution in [1.82, 2.24) is 0 Å². The number of fused-ring (bicyclic) bond motifs is 5. The number of esters is 2. The molecule has 3 saturated carbocycles. The summed E-state index contributed by atoms with van der Waals surface area (Å²) in [7, 11) is 1.50. The fourth-order valence-corrected chi connectivity index (χ4v) is 7.55. The van der Waals surface area contributed by atoms with Crippen LogP contribution >= 0.6 is 0 Å². The SMILES string of the molecule is COC(=O)C[C@H]1CCC2C3CCC4C[C@H](OC(C)=O)CC[C@]4(C)C3=CC[C@@]21C. The van der Waals surface area contributed by atoms with E-state index in [1.165, 1.54) is 33.3 Å². The molecule has 4 aliphatic carbocycles. The van der Waals surface area contributed by atoms with E-state index in [2.05, 4.69) is 19.9 Å². The minimum atomic E-state index is -0.141. The maximum absolute atomic E-state index is 11.9. The molecular formula is C24H36O4. The second kappa shape index (κ2) is 7.18. The summed E-state index contributed by atoms with van der Waals surface area (Å²) in [5.41, 5.74) is 2.20. The molecule has 0 saturated heterocycles. The van der Waals surface area contributed by atoms with Gasteiger partial charge in [-0.2, -0.15) is 0 Å². The lowest BCUT2D eigenvalue weighted by Gasteiger charge is -2.57. The molecule has 0 N–H and O–H groups in total. The van der Waals surface area contributed by atoms with E-state index in [1.807, 2.05) is 0 Å². The molecule has 4 rings (SSSR count). The molecule has 0 aromatic rings. The number of ether oxygens (including phenoxy) is 2. The quantitative estimate of drug-likeness (QED) is 0.501. The Balaban J connectivity index is 1.55. The number of methoxy groups -OCH3 is 1. The largest absolute Gasteiger partial charge is 0.469 e. The van der Waals surface area contributed by atoms with E-state index in [0.29, 0.717) is 30.1 Å². The molecule has 4 nitrogen and oxygen atoms in total. The van der Waals surface area contributed by atoms with E-state index in [-0.39, 0.29) is 28.9 Å². The van der Waals surface area contributed by atoms with Crippen LogP contribution in [0.2, 0.25) is 0 Å². The average molecular weight is 389 g/mol. The van der Waals surface area contributed by atoms with E-state index >= 15 is 0 Å². The lowest BCUT2D eigenvalue weighted by molar-refractivity contribution is -0.151. The van der Waals surface area contributed by atoms with Crippen LogP contribution in [0.5, 0.6) is 0 Å². The van der Waals surface area contributed by atoms with Crippen LogP contribution in [0, 0.1) is 34.5 Å². The fourth-order valence-electron chi connectivity index (χ4n) is 7.55. The first-order chi connectivity index (χ1) is 13.3. The van der Waals surface area contributed by atoms with Gasteiger partial charge in [-0.25, -0.2) is 0 Å². The van der Waals surface area contributed by atoms with Crippen molar-refractivity contribution in [1.29, 1.82) is 0 Å². The topological polar surface area (TPSA) is 52.6 Å². The maximum Gasteiger partial charge on any atom is 0.305 e. The van der Waals surface area contributed by atoms with Gasteiger partial charge in [0.1, 0.15) is 6.10 Å². The zero-order valence-electron chi connectivity index (χ0n) is 18.0. The summed E-state index contributed by atoms with van der Waals surface area (Å²) in [6.45, 7) is 6.43. The highest BCUT2D eigenvalue weighted by Crippen LogP contribution is 2.65. The van der Waals surface area contributed by atoms with Gasteiger partial charge >= 0.3 is 11.9 Å². The molecule has 3 unspecified atom stereocenters. The van der Waals surface area contributed by atoms with Crippen molar-refractivity contribution in [2.24, 2.45) is 34.5 Å². The third kappa shape index (κ3) is 3.11. The number of hydrogen-bond donors (Lipinski definition) is 0. The molecule has 0 aliphatic heterocycles. The number of carbonyl (C=O) groups excluding carboxylic acids is 2. The smallest absolute Gasteiger partial charge is 0.305 e. The highest BCUT2D eigenvalue weighted by atomic mass is 16.5. The second-order valence-electron chi connectivity index (χ2n) is 10.3. The van der Waals surface area contributed by atoms with Crippen molar-refractivity contribution >= 4 is 11.9 Å². The molecule has 156 valence electrons. The van der Waals surface area contributed by atoms with Gasteiger partial charge in [-0.15, -0.1) is 0 Å². The van der Waals surface area contributed by atoms with Crippen LogP contribution in [0.15, 0.2) is 11.6 Å². The first-order valence-corrected chi connectivity index (χ1v) is 11.2. The van der Waals surface area contributed by atoms with E-state index in [4.69, 9.17) is 9.47 Å². The molecule has 0 heterocycles. The van der Waals surface area contributed by atoms with E-state index in [9.17, 15) is 9.59 Å². The predicted molar refractivity (Wildman–Crippen MR) is 107 cm³/mol. The normalized spacial score (nSPS) is 44.6. The second-order valence-corrected chi connectivity index (χ2v) is 10.3. The van der Waals surface area contributed by atoms with Crippen LogP contribution in [0.4, 0.5) is 0 Å². The zero-order valence-corrected chi connectivity index (χ0v) is 18.0. The standard InChI is InChI=1S/C24H36O4/c1-15(25)28-18-9-11-23(2)16(13-18)5-7-19-20-8-6-17(14-22(26)27-4)24(20,3)12-10-21(19)23/h10,16-20H,5-9,11-14H2,1-4H3/t16?,17-,18-,19?,20?,23+,24-/m1/s1. The Bertz CT molecular complexity index is 682. The summed E-state index contributed by atoms with van der Waals surface area (Å²) in [4.78, 5) is 23.3. The van der Waals surface area contributed by atoms with Crippen LogP contribution < -0.4 is 0 Å². The van der Waals surface area contributed by atoms with Crippen molar-refractivity contribution in [3.05, 3.63) is 11.6 Å². The first-order valence-electron chi connectivity index (χ1n) is 11.2. The number of rotatable bonds is 3. The third-order valence-electron chi connectivity index (χ3n) is 9.15. The molecule has 7 atom stereocenters. The van der Waals surface area contributed by atoms with E-state index in [1.54, 1.807) is 5.57 Å². The Morgan fingerprint density at radius 3 is 2.64 bits per heavy atom. The Morgan fingerprint density at radius 1 is 1.14 bits per heavy atom. The Morgan fingerprint density at radius 2 is 1.93 bits per heavy atom. The minimum Gasteiger partial charge on any atom is -0.469 e. The molecule has 0 radical (unpaired) electrons. The van der Waals surface area contributed by atoms with Crippen molar-refractivity contribution < 1.29 is 19.1 Å². The fraction of sp³-hybridized carbons (Fsp3) is 0.833. The highest BCUT2D eigenvalue weighted by molar-refractivity contribution is 5.69. The average Bonchev–Trinajstić information content (AvgIpc) is 2.98. The lowest BCUT2D eigenvalue weighted by Crippen LogP contribution is -2.49. The van der Waals surface area contributed by atoms with Gasteiger partial charge in [-0.3, -0.25) is 9.59 Å². The maximum atomic E-state index is 11.9. The van der Waals surface area contributed by atoms with Crippen LogP contribution in [-0.2, 0) is 19.1 Å². The van der Waals surface area contributed by atoms with Gasteiger partial charge in [-0.05, 0) is 85.9 Å². The van der Waals surface area contributed by atoms with E-state index < -0.39 is 0 Å². The van der Waals surface area contributed by atoms with Crippen LogP contribution in [0.25, 0.3) is 0 Å². The Kier molecular flexibility index (Phi) is 5.12. The zero-order chi connectivity index (χ0) is 20.1. The third-order valence-corrected chi connectivity index (χ3v) is 9.15. The number of allylic oxidation sites excluding steroid dienone is 2. The summed E-state index contributed by atoms with van der Waals surface area (Å²) >= 11 is 0. The Hall–Kier alpha value is -1.32. The van der Waals surface area contributed by atoms with Gasteiger partial charge in [0.05, 0.1) is 7.11 Å². The van der Waals surface area contributed by atoms with Crippen LogP contribution in [-0.4, -0.2) is 25.2 Å². The molecular weight excluding hydrogens is 352 g/mol. The highest BCUT2D eigenvalue weighted by Gasteiger charge is 2.57. The molecule has 0 spiro atoms. The van der Waals surface area contributed by atoms with Crippen molar-refractivity contribution in [3.63, 3.8) is 0 Å². The lowest BCUT2D eigenvalue weighted by atomic mass is 9.48. The number of carbonyl (C=O) groups is 2. The van der Waals surface area contributed by atoms with Gasteiger partial charge in [0.25, 0.3) is 0 Å². The summed E-state index contributed by atoms with van der Waals surface area (Å²) in [6.07, 6.45) is 12.4. The Labute approximate surface area is 169 Å². The summed E-state index contributed by atoms with van der Waals surface area (Å²) in [6, 6.07) is 0. The molecule has 4 heteroatoms. The molecule has 0 amide bonds. The summed E-state index contributed by atoms with van der Waals surface area (Å²) in [5, 5.41) is 0. The van der Waals surface area contributed by atoms with Crippen molar-refractivity contribution in [2.45, 2.75) is 84.7 Å². The predicted octanol–water partition coefficient (Wildman–Crippen LogP) is 5.06. The van der Waals surface area contributed by atoms with Gasteiger partial charge in [0.15, 0.2) is 0 Å². The van der Waals surface area contributed by atoms with E-state index in [0.717, 1.165) is 32.1 Å². The van der Waals surface area contributed by atoms with Crippen LogP contribution in [0.1, 0.15) is 78.6 Å². The van der Waals surface area contributed by atoms with Crippen molar-refractivity contribution in [2.75, 3.05) is 7.11 Å². The molecule has 4 aliphatic rings. The monoisotopic (exact) mass is 388 g/mol. The molecule has 0 aromatic carbocycles. The molecule has 0 bridgehead atoms. The van der Waals surface area contributed by atoms with Gasteiger partial charge in [-0.1, -0.05) is 25.5 Å². The molecule has 0 aromatic heterocycles. The van der Waals surface area contributed by atoms with Crippen molar-refractivity contribution in [3.8, 4) is 0 Å². The first kappa shape index (κ1) is 20.0. The molecule has 28 heavy (non-hydrogen) atoms. The summed E-state index contributed by atoms with van der Waals surface area (Å²) in [5.74, 6) is 2.26. The van der Waals surface area contributed by atoms with Gasteiger partial charge in [0.2, 0.25) is 0 Å².